The minimum atomic E-state index is -0.270. The standard InChI is InChI=1S/C11H18N4O2S/c1-7(12)10-13-8(6-18-10)11(17)15(4)5-9(16)14(2)3/h6-7H,5,12H2,1-4H3. The lowest BCUT2D eigenvalue weighted by Crippen LogP contribution is -2.37. The van der Waals surface area contributed by atoms with Crippen LogP contribution in [-0.2, 0) is 4.79 Å². The Labute approximate surface area is 110 Å². The first-order chi connectivity index (χ1) is 8.32. The first-order valence-electron chi connectivity index (χ1n) is 5.49. The SMILES string of the molecule is CC(N)c1nc(C(=O)N(C)CC(=O)N(C)C)cs1. The number of likely N-dealkylation sites (N-methyl/N-ethyl adjacent to an activating group) is 2. The van der Waals surface area contributed by atoms with Gasteiger partial charge < -0.3 is 15.5 Å². The average molecular weight is 270 g/mol. The van der Waals surface area contributed by atoms with Crippen LogP contribution in [0.5, 0.6) is 0 Å². The largest absolute Gasteiger partial charge is 0.347 e. The predicted octanol–water partition coefficient (Wildman–Crippen LogP) is 0.323. The highest BCUT2D eigenvalue weighted by Gasteiger charge is 2.19. The molecule has 0 aliphatic heterocycles. The van der Waals surface area contributed by atoms with E-state index in [9.17, 15) is 9.59 Å². The predicted molar refractivity (Wildman–Crippen MR) is 70.4 cm³/mol. The summed E-state index contributed by atoms with van der Waals surface area (Å²) in [4.78, 5) is 30.4. The molecular weight excluding hydrogens is 252 g/mol. The van der Waals surface area contributed by atoms with Gasteiger partial charge in [0.2, 0.25) is 5.91 Å². The molecule has 18 heavy (non-hydrogen) atoms. The number of hydrogen-bond acceptors (Lipinski definition) is 5. The van der Waals surface area contributed by atoms with Crippen LogP contribution < -0.4 is 5.73 Å². The summed E-state index contributed by atoms with van der Waals surface area (Å²) in [6.45, 7) is 1.85. The van der Waals surface area contributed by atoms with Crippen LogP contribution in [0.4, 0.5) is 0 Å². The van der Waals surface area contributed by atoms with E-state index >= 15 is 0 Å². The lowest BCUT2D eigenvalue weighted by molar-refractivity contribution is -0.129. The Balaban J connectivity index is 2.71. The molecule has 7 heteroatoms. The third kappa shape index (κ3) is 3.51. The van der Waals surface area contributed by atoms with Crippen LogP contribution in [0.3, 0.4) is 0 Å². The van der Waals surface area contributed by atoms with Crippen molar-refractivity contribution < 1.29 is 9.59 Å². The van der Waals surface area contributed by atoms with E-state index in [2.05, 4.69) is 4.98 Å². The van der Waals surface area contributed by atoms with Gasteiger partial charge in [0.25, 0.3) is 5.91 Å². The van der Waals surface area contributed by atoms with Crippen molar-refractivity contribution in [1.29, 1.82) is 0 Å². The molecule has 1 rings (SSSR count). The van der Waals surface area contributed by atoms with E-state index in [0.29, 0.717) is 10.7 Å². The molecule has 0 saturated carbocycles. The van der Waals surface area contributed by atoms with Crippen LogP contribution in [-0.4, -0.2) is 54.3 Å². The number of nitrogens with two attached hydrogens (primary N) is 1. The minimum absolute atomic E-state index is 0.0386. The summed E-state index contributed by atoms with van der Waals surface area (Å²) in [7, 11) is 4.88. The van der Waals surface area contributed by atoms with Gasteiger partial charge in [-0.05, 0) is 6.92 Å². The van der Waals surface area contributed by atoms with E-state index in [4.69, 9.17) is 5.73 Å². The van der Waals surface area contributed by atoms with Crippen molar-refractivity contribution >= 4 is 23.2 Å². The smallest absolute Gasteiger partial charge is 0.273 e. The number of amides is 2. The molecule has 1 aromatic rings. The molecular formula is C11H18N4O2S. The Bertz CT molecular complexity index is 442. The molecule has 1 unspecified atom stereocenters. The highest BCUT2D eigenvalue weighted by Crippen LogP contribution is 2.16. The van der Waals surface area contributed by atoms with E-state index in [1.54, 1.807) is 26.5 Å². The fourth-order valence-electron chi connectivity index (χ4n) is 1.21. The normalized spacial score (nSPS) is 12.1. The molecule has 0 fully saturated rings. The first-order valence-corrected chi connectivity index (χ1v) is 6.37. The third-order valence-corrected chi connectivity index (χ3v) is 3.39. The van der Waals surface area contributed by atoms with Gasteiger partial charge in [-0.3, -0.25) is 9.59 Å². The van der Waals surface area contributed by atoms with Crippen LogP contribution in [0.15, 0.2) is 5.38 Å². The number of nitrogens with zero attached hydrogens (tertiary/aromatic N) is 3. The molecule has 100 valence electrons. The van der Waals surface area contributed by atoms with Gasteiger partial charge in [-0.15, -0.1) is 11.3 Å². The maximum absolute atomic E-state index is 12.0. The maximum atomic E-state index is 12.0. The maximum Gasteiger partial charge on any atom is 0.273 e. The second-order valence-corrected chi connectivity index (χ2v) is 5.20. The zero-order chi connectivity index (χ0) is 13.9. The van der Waals surface area contributed by atoms with E-state index in [0.717, 1.165) is 0 Å². The van der Waals surface area contributed by atoms with Crippen LogP contribution in [0.25, 0.3) is 0 Å². The monoisotopic (exact) mass is 270 g/mol. The van der Waals surface area contributed by atoms with Gasteiger partial charge >= 0.3 is 0 Å². The third-order valence-electron chi connectivity index (χ3n) is 2.35. The molecule has 0 aliphatic rings. The molecule has 1 heterocycles. The Morgan fingerprint density at radius 3 is 2.50 bits per heavy atom. The zero-order valence-corrected chi connectivity index (χ0v) is 11.8. The van der Waals surface area contributed by atoms with Crippen molar-refractivity contribution in [2.75, 3.05) is 27.7 Å². The second kappa shape index (κ2) is 5.92. The van der Waals surface area contributed by atoms with Crippen molar-refractivity contribution in [3.8, 4) is 0 Å². The Morgan fingerprint density at radius 1 is 1.44 bits per heavy atom. The molecule has 0 saturated heterocycles. The van der Waals surface area contributed by atoms with Gasteiger partial charge in [-0.25, -0.2) is 4.98 Å². The Hall–Kier alpha value is -1.47. The van der Waals surface area contributed by atoms with Crippen molar-refractivity contribution in [2.45, 2.75) is 13.0 Å². The number of rotatable bonds is 4. The number of hydrogen-bond donors (Lipinski definition) is 1. The molecule has 6 nitrogen and oxygen atoms in total. The molecule has 0 aromatic carbocycles. The van der Waals surface area contributed by atoms with Crippen molar-refractivity contribution in [2.24, 2.45) is 5.73 Å². The lowest BCUT2D eigenvalue weighted by atomic mass is 10.3. The molecule has 0 bridgehead atoms. The molecule has 1 aromatic heterocycles. The van der Waals surface area contributed by atoms with Crippen LogP contribution >= 0.6 is 11.3 Å². The number of thiazole rings is 1. The van der Waals surface area contributed by atoms with Crippen molar-refractivity contribution in [1.82, 2.24) is 14.8 Å². The van der Waals surface area contributed by atoms with Gasteiger partial charge in [0.05, 0.1) is 12.6 Å². The summed E-state index contributed by atoms with van der Waals surface area (Å²) in [5.74, 6) is -0.401. The topological polar surface area (TPSA) is 79.5 Å². The van der Waals surface area contributed by atoms with Gasteiger partial charge in [-0.1, -0.05) is 0 Å². The number of aromatic nitrogens is 1. The van der Waals surface area contributed by atoms with Gasteiger partial charge in [0.1, 0.15) is 10.7 Å². The molecule has 1 atom stereocenters. The van der Waals surface area contributed by atoms with Gasteiger partial charge in [-0.2, -0.15) is 0 Å². The molecule has 2 N–H and O–H groups in total. The molecule has 0 radical (unpaired) electrons. The van der Waals surface area contributed by atoms with Crippen LogP contribution in [0.2, 0.25) is 0 Å². The second-order valence-electron chi connectivity index (χ2n) is 4.31. The average Bonchev–Trinajstić information content (AvgIpc) is 2.76. The van der Waals surface area contributed by atoms with E-state index in [1.165, 1.54) is 21.1 Å². The van der Waals surface area contributed by atoms with E-state index < -0.39 is 0 Å². The Morgan fingerprint density at radius 2 is 2.06 bits per heavy atom. The summed E-state index contributed by atoms with van der Waals surface area (Å²) in [6, 6.07) is -0.190. The summed E-state index contributed by atoms with van der Waals surface area (Å²) in [6.07, 6.45) is 0. The van der Waals surface area contributed by atoms with E-state index in [-0.39, 0.29) is 24.4 Å². The summed E-state index contributed by atoms with van der Waals surface area (Å²) < 4.78 is 0. The quantitative estimate of drug-likeness (QED) is 0.854. The molecule has 0 spiro atoms. The summed E-state index contributed by atoms with van der Waals surface area (Å²) in [5.41, 5.74) is 6.02. The van der Waals surface area contributed by atoms with Crippen molar-refractivity contribution in [3.05, 3.63) is 16.1 Å². The van der Waals surface area contributed by atoms with E-state index in [1.807, 2.05) is 6.92 Å². The fraction of sp³-hybridized carbons (Fsp3) is 0.545. The Kier molecular flexibility index (Phi) is 4.80. The fourth-order valence-corrected chi connectivity index (χ4v) is 1.96. The van der Waals surface area contributed by atoms with Gasteiger partial charge in [0.15, 0.2) is 0 Å². The first kappa shape index (κ1) is 14.6. The van der Waals surface area contributed by atoms with Crippen LogP contribution in [0.1, 0.15) is 28.5 Å². The van der Waals surface area contributed by atoms with Gasteiger partial charge in [0, 0.05) is 26.5 Å². The highest BCUT2D eigenvalue weighted by atomic mass is 32.1. The zero-order valence-electron chi connectivity index (χ0n) is 11.0. The lowest BCUT2D eigenvalue weighted by Gasteiger charge is -2.18. The van der Waals surface area contributed by atoms with Crippen LogP contribution in [0, 0.1) is 0 Å². The summed E-state index contributed by atoms with van der Waals surface area (Å²) >= 11 is 1.35. The highest BCUT2D eigenvalue weighted by molar-refractivity contribution is 7.09. The minimum Gasteiger partial charge on any atom is -0.347 e. The molecule has 2 amide bonds. The summed E-state index contributed by atoms with van der Waals surface area (Å²) in [5, 5.41) is 2.38. The number of carbonyl (C=O) groups excluding carboxylic acids is 2. The number of carbonyl (C=O) groups is 2. The van der Waals surface area contributed by atoms with Crippen molar-refractivity contribution in [3.63, 3.8) is 0 Å². The molecule has 0 aliphatic carbocycles.